The van der Waals surface area contributed by atoms with Crippen LogP contribution >= 0.6 is 0 Å². The van der Waals surface area contributed by atoms with Crippen LogP contribution in [-0.4, -0.2) is 38.8 Å². The van der Waals surface area contributed by atoms with E-state index in [0.717, 1.165) is 22.4 Å². The third kappa shape index (κ3) is 4.17. The van der Waals surface area contributed by atoms with Crippen LogP contribution in [0, 0.1) is 12.8 Å². The van der Waals surface area contributed by atoms with Gasteiger partial charge in [-0.3, -0.25) is 14.6 Å². The van der Waals surface area contributed by atoms with Gasteiger partial charge in [-0.1, -0.05) is 35.9 Å². The molecule has 1 aliphatic carbocycles. The number of carbonyl (C=O) groups excluding carboxylic acids is 2. The van der Waals surface area contributed by atoms with E-state index in [-0.39, 0.29) is 17.7 Å². The van der Waals surface area contributed by atoms with Gasteiger partial charge in [0.15, 0.2) is 17.3 Å². The van der Waals surface area contributed by atoms with Gasteiger partial charge in [0.05, 0.1) is 21.3 Å². The normalized spacial score (nSPS) is 22.4. The molecule has 1 heterocycles. The number of ether oxygens (including phenoxy) is 3. The van der Waals surface area contributed by atoms with Crippen LogP contribution in [0.5, 0.6) is 11.5 Å². The first-order valence-corrected chi connectivity index (χ1v) is 11.1. The van der Waals surface area contributed by atoms with Crippen LogP contribution in [0.15, 0.2) is 58.7 Å². The SMILES string of the molecule is COC(=O)C1C(C)=NC2=C(C(=O)CC(c3ccc(OC)c(OC)c3)C2)C1c1cccc(C)c1. The lowest BCUT2D eigenvalue weighted by molar-refractivity contribution is -0.143. The van der Waals surface area contributed by atoms with Crippen LogP contribution < -0.4 is 9.47 Å². The van der Waals surface area contributed by atoms with Gasteiger partial charge in [-0.2, -0.15) is 0 Å². The fourth-order valence-electron chi connectivity index (χ4n) is 5.06. The van der Waals surface area contributed by atoms with Gasteiger partial charge in [-0.05, 0) is 49.4 Å². The maximum atomic E-state index is 13.6. The summed E-state index contributed by atoms with van der Waals surface area (Å²) in [5, 5.41) is 0. The molecule has 33 heavy (non-hydrogen) atoms. The topological polar surface area (TPSA) is 74.2 Å². The van der Waals surface area contributed by atoms with Crippen molar-refractivity contribution in [1.29, 1.82) is 0 Å². The predicted octanol–water partition coefficient (Wildman–Crippen LogP) is 4.76. The van der Waals surface area contributed by atoms with Crippen molar-refractivity contribution in [2.75, 3.05) is 21.3 Å². The van der Waals surface area contributed by atoms with Crippen LogP contribution in [0.3, 0.4) is 0 Å². The highest BCUT2D eigenvalue weighted by atomic mass is 16.5. The van der Waals surface area contributed by atoms with Crippen molar-refractivity contribution in [3.05, 3.63) is 70.4 Å². The Morgan fingerprint density at radius 3 is 2.36 bits per heavy atom. The van der Waals surface area contributed by atoms with Gasteiger partial charge in [-0.15, -0.1) is 0 Å². The Morgan fingerprint density at radius 1 is 0.939 bits per heavy atom. The Morgan fingerprint density at radius 2 is 1.70 bits per heavy atom. The molecule has 0 saturated carbocycles. The second-order valence-corrected chi connectivity index (χ2v) is 8.65. The molecule has 0 N–H and O–H groups in total. The molecule has 2 aromatic carbocycles. The van der Waals surface area contributed by atoms with E-state index in [0.29, 0.717) is 35.6 Å². The van der Waals surface area contributed by atoms with E-state index in [1.807, 2.05) is 56.3 Å². The van der Waals surface area contributed by atoms with Gasteiger partial charge in [0.1, 0.15) is 5.92 Å². The molecule has 4 rings (SSSR count). The second kappa shape index (κ2) is 9.22. The summed E-state index contributed by atoms with van der Waals surface area (Å²) < 4.78 is 15.9. The van der Waals surface area contributed by atoms with E-state index in [9.17, 15) is 9.59 Å². The van der Waals surface area contributed by atoms with Crippen molar-refractivity contribution in [3.8, 4) is 11.5 Å². The Bertz CT molecular complexity index is 1160. The molecule has 0 bridgehead atoms. The molecular formula is C27H29NO5. The minimum atomic E-state index is -0.614. The molecule has 2 aliphatic rings. The lowest BCUT2D eigenvalue weighted by Gasteiger charge is -2.36. The molecule has 0 saturated heterocycles. The van der Waals surface area contributed by atoms with Crippen LogP contribution in [0.1, 0.15) is 48.3 Å². The van der Waals surface area contributed by atoms with Gasteiger partial charge in [0.2, 0.25) is 0 Å². The highest BCUT2D eigenvalue weighted by Gasteiger charge is 2.44. The Balaban J connectivity index is 1.79. The number of allylic oxidation sites excluding steroid dienone is 2. The molecule has 2 aromatic rings. The maximum absolute atomic E-state index is 13.6. The Labute approximate surface area is 194 Å². The fraction of sp³-hybridized carbons (Fsp3) is 0.370. The average Bonchev–Trinajstić information content (AvgIpc) is 2.82. The molecule has 3 unspecified atom stereocenters. The number of carbonyl (C=O) groups is 2. The molecular weight excluding hydrogens is 418 g/mol. The third-order valence-corrected chi connectivity index (χ3v) is 6.62. The number of ketones is 1. The van der Waals surface area contributed by atoms with E-state index in [4.69, 9.17) is 19.2 Å². The number of methoxy groups -OCH3 is 3. The van der Waals surface area contributed by atoms with Crippen LogP contribution in [-0.2, 0) is 14.3 Å². The van der Waals surface area contributed by atoms with Gasteiger partial charge in [-0.25, -0.2) is 0 Å². The van der Waals surface area contributed by atoms with Crippen molar-refractivity contribution >= 4 is 17.5 Å². The van der Waals surface area contributed by atoms with Crippen molar-refractivity contribution in [2.24, 2.45) is 10.9 Å². The highest BCUT2D eigenvalue weighted by Crippen LogP contribution is 2.47. The summed E-state index contributed by atoms with van der Waals surface area (Å²) in [6.07, 6.45) is 0.962. The summed E-state index contributed by atoms with van der Waals surface area (Å²) in [5.74, 6) is -0.109. The third-order valence-electron chi connectivity index (χ3n) is 6.62. The summed E-state index contributed by atoms with van der Waals surface area (Å²) in [4.78, 5) is 31.1. The van der Waals surface area contributed by atoms with E-state index in [1.165, 1.54) is 7.11 Å². The van der Waals surface area contributed by atoms with Gasteiger partial charge in [0, 0.05) is 29.3 Å². The second-order valence-electron chi connectivity index (χ2n) is 8.65. The molecule has 6 heteroatoms. The van der Waals surface area contributed by atoms with Gasteiger partial charge < -0.3 is 14.2 Å². The summed E-state index contributed by atoms with van der Waals surface area (Å²) in [6, 6.07) is 13.7. The number of benzene rings is 2. The minimum absolute atomic E-state index is 0.0210. The zero-order valence-electron chi connectivity index (χ0n) is 19.7. The van der Waals surface area contributed by atoms with Crippen molar-refractivity contribution < 1.29 is 23.8 Å². The van der Waals surface area contributed by atoms with E-state index in [2.05, 4.69) is 0 Å². The number of hydrogen-bond donors (Lipinski definition) is 0. The van der Waals surface area contributed by atoms with E-state index < -0.39 is 11.8 Å². The number of aryl methyl sites for hydroxylation is 1. The molecule has 6 nitrogen and oxygen atoms in total. The average molecular weight is 448 g/mol. The van der Waals surface area contributed by atoms with Gasteiger partial charge in [0.25, 0.3) is 0 Å². The molecule has 0 radical (unpaired) electrons. The number of rotatable bonds is 5. The van der Waals surface area contributed by atoms with Crippen molar-refractivity contribution in [3.63, 3.8) is 0 Å². The smallest absolute Gasteiger partial charge is 0.315 e. The van der Waals surface area contributed by atoms with Crippen molar-refractivity contribution in [1.82, 2.24) is 0 Å². The van der Waals surface area contributed by atoms with E-state index in [1.54, 1.807) is 14.2 Å². The van der Waals surface area contributed by atoms with E-state index >= 15 is 0 Å². The monoisotopic (exact) mass is 447 g/mol. The molecule has 172 valence electrons. The summed E-state index contributed by atoms with van der Waals surface area (Å²) in [5.41, 5.74) is 5.08. The first-order chi connectivity index (χ1) is 15.9. The summed E-state index contributed by atoms with van der Waals surface area (Å²) >= 11 is 0. The lowest BCUT2D eigenvalue weighted by atomic mass is 9.69. The molecule has 0 spiro atoms. The first-order valence-electron chi connectivity index (χ1n) is 11.1. The summed E-state index contributed by atoms with van der Waals surface area (Å²) in [7, 11) is 4.58. The van der Waals surface area contributed by atoms with Gasteiger partial charge >= 0.3 is 5.97 Å². The Hall–Kier alpha value is -3.41. The first kappa shape index (κ1) is 22.8. The quantitative estimate of drug-likeness (QED) is 0.618. The fourth-order valence-corrected chi connectivity index (χ4v) is 5.06. The standard InChI is InChI=1S/C27H29NO5/c1-15-7-6-8-18(11-15)25-24(27(30)33-5)16(2)28-20-12-19(13-21(29)26(20)25)17-9-10-22(31-3)23(14-17)32-4/h6-11,14,19,24-25H,12-13H2,1-5H3. The molecule has 0 fully saturated rings. The van der Waals surface area contributed by atoms with Crippen LogP contribution in [0.25, 0.3) is 0 Å². The number of hydrogen-bond acceptors (Lipinski definition) is 6. The number of nitrogens with zero attached hydrogens (tertiary/aromatic N) is 1. The maximum Gasteiger partial charge on any atom is 0.315 e. The van der Waals surface area contributed by atoms with Crippen molar-refractivity contribution in [2.45, 2.75) is 38.5 Å². The Kier molecular flexibility index (Phi) is 6.36. The number of Topliss-reactive ketones (excluding diaryl/α,β-unsaturated/α-hetero) is 1. The molecule has 0 amide bonds. The number of esters is 1. The minimum Gasteiger partial charge on any atom is -0.493 e. The molecule has 0 aromatic heterocycles. The van der Waals surface area contributed by atoms with Crippen LogP contribution in [0.4, 0.5) is 0 Å². The number of aliphatic imine (C=N–C) groups is 1. The highest BCUT2D eigenvalue weighted by molar-refractivity contribution is 6.09. The summed E-state index contributed by atoms with van der Waals surface area (Å²) in [6.45, 7) is 3.85. The predicted molar refractivity (Wildman–Crippen MR) is 126 cm³/mol. The lowest BCUT2D eigenvalue weighted by Crippen LogP contribution is -2.37. The molecule has 3 atom stereocenters. The largest absolute Gasteiger partial charge is 0.493 e. The zero-order valence-corrected chi connectivity index (χ0v) is 19.7. The molecule has 1 aliphatic heterocycles. The van der Waals surface area contributed by atoms with Crippen LogP contribution in [0.2, 0.25) is 0 Å². The zero-order chi connectivity index (χ0) is 23.7.